The highest BCUT2D eigenvalue weighted by Gasteiger charge is 2.23. The lowest BCUT2D eigenvalue weighted by molar-refractivity contribution is -0.125. The van der Waals surface area contributed by atoms with Crippen LogP contribution in [0.3, 0.4) is 0 Å². The van der Waals surface area contributed by atoms with Gasteiger partial charge in [-0.15, -0.1) is 0 Å². The van der Waals surface area contributed by atoms with Crippen LogP contribution in [0.5, 0.6) is 0 Å². The fourth-order valence-corrected chi connectivity index (χ4v) is 2.42. The third-order valence-corrected chi connectivity index (χ3v) is 3.98. The Kier molecular flexibility index (Phi) is 4.64. The molecule has 1 aliphatic carbocycles. The zero-order valence-electron chi connectivity index (χ0n) is 13.9. The summed E-state index contributed by atoms with van der Waals surface area (Å²) in [5.74, 6) is 0.739. The molecule has 2 N–H and O–H groups in total. The second kappa shape index (κ2) is 6.86. The van der Waals surface area contributed by atoms with E-state index in [-0.39, 0.29) is 24.8 Å². The van der Waals surface area contributed by atoms with Crippen molar-refractivity contribution in [3.05, 3.63) is 41.3 Å². The Hall–Kier alpha value is -2.63. The van der Waals surface area contributed by atoms with Gasteiger partial charge >= 0.3 is 0 Å². The fraction of sp³-hybridized carbons (Fsp3) is 0.389. The molecule has 2 amide bonds. The smallest absolute Gasteiger partial charge is 0.239 e. The first-order chi connectivity index (χ1) is 11.5. The van der Waals surface area contributed by atoms with Gasteiger partial charge in [0.1, 0.15) is 5.76 Å². The van der Waals surface area contributed by atoms with E-state index in [1.54, 1.807) is 6.92 Å². The first kappa shape index (κ1) is 16.2. The van der Waals surface area contributed by atoms with Crippen LogP contribution in [0, 0.1) is 13.8 Å². The topological polar surface area (TPSA) is 84.2 Å². The van der Waals surface area contributed by atoms with Crippen molar-refractivity contribution >= 4 is 11.8 Å². The predicted octanol–water partition coefficient (Wildman–Crippen LogP) is 1.90. The number of hydrogen-bond donors (Lipinski definition) is 2. The number of aryl methyl sites for hydroxylation is 2. The zero-order valence-corrected chi connectivity index (χ0v) is 13.9. The van der Waals surface area contributed by atoms with E-state index < -0.39 is 0 Å². The Balaban J connectivity index is 1.59. The molecule has 0 atom stereocenters. The number of amides is 2. The fourth-order valence-electron chi connectivity index (χ4n) is 2.42. The van der Waals surface area contributed by atoms with Crippen molar-refractivity contribution < 1.29 is 14.0 Å². The largest absolute Gasteiger partial charge is 0.441 e. The molecule has 6 nitrogen and oxygen atoms in total. The maximum Gasteiger partial charge on any atom is 0.239 e. The summed E-state index contributed by atoms with van der Waals surface area (Å²) in [5.41, 5.74) is 2.57. The molecule has 6 heteroatoms. The van der Waals surface area contributed by atoms with Gasteiger partial charge in [-0.25, -0.2) is 4.98 Å². The van der Waals surface area contributed by atoms with Crippen molar-refractivity contribution in [2.45, 2.75) is 39.2 Å². The van der Waals surface area contributed by atoms with Crippen LogP contribution in [-0.4, -0.2) is 29.4 Å². The van der Waals surface area contributed by atoms with Gasteiger partial charge in [0.05, 0.1) is 18.7 Å². The van der Waals surface area contributed by atoms with E-state index >= 15 is 0 Å². The van der Waals surface area contributed by atoms with Crippen LogP contribution in [0.15, 0.2) is 28.7 Å². The highest BCUT2D eigenvalue weighted by atomic mass is 16.4. The molecule has 126 valence electrons. The Morgan fingerprint density at radius 2 is 1.96 bits per heavy atom. The SMILES string of the molecule is Cc1ccccc1-c1nc(CC(=O)NCC(=O)NC2CC2)c(C)o1. The molecule has 0 radical (unpaired) electrons. The minimum Gasteiger partial charge on any atom is -0.441 e. The molecular formula is C18H21N3O3. The van der Waals surface area contributed by atoms with Gasteiger partial charge in [-0.3, -0.25) is 9.59 Å². The summed E-state index contributed by atoms with van der Waals surface area (Å²) in [7, 11) is 0. The number of aromatic nitrogens is 1. The normalized spacial score (nSPS) is 13.6. The average Bonchev–Trinajstić information content (AvgIpc) is 3.29. The molecule has 1 aliphatic rings. The van der Waals surface area contributed by atoms with Crippen molar-refractivity contribution in [2.75, 3.05) is 6.54 Å². The number of benzene rings is 1. The van der Waals surface area contributed by atoms with Gasteiger partial charge in [0.25, 0.3) is 0 Å². The second-order valence-electron chi connectivity index (χ2n) is 6.13. The van der Waals surface area contributed by atoms with Gasteiger partial charge in [-0.05, 0) is 38.3 Å². The standard InChI is InChI=1S/C18H21N3O3/c1-11-5-3-4-6-14(11)18-21-15(12(2)24-18)9-16(22)19-10-17(23)20-13-7-8-13/h3-6,13H,7-10H2,1-2H3,(H,19,22)(H,20,23). The maximum atomic E-state index is 12.0. The Morgan fingerprint density at radius 3 is 2.67 bits per heavy atom. The molecular weight excluding hydrogens is 306 g/mol. The average molecular weight is 327 g/mol. The van der Waals surface area contributed by atoms with E-state index in [0.29, 0.717) is 23.4 Å². The first-order valence-corrected chi connectivity index (χ1v) is 8.11. The highest BCUT2D eigenvalue weighted by Crippen LogP contribution is 2.24. The van der Waals surface area contributed by atoms with E-state index in [2.05, 4.69) is 15.6 Å². The number of carbonyl (C=O) groups excluding carboxylic acids is 2. The quantitative estimate of drug-likeness (QED) is 0.848. The van der Waals surface area contributed by atoms with E-state index in [1.807, 2.05) is 31.2 Å². The molecule has 0 aliphatic heterocycles. The Labute approximate surface area is 140 Å². The van der Waals surface area contributed by atoms with Crippen molar-refractivity contribution in [3.63, 3.8) is 0 Å². The molecule has 0 saturated heterocycles. The van der Waals surface area contributed by atoms with Gasteiger partial charge < -0.3 is 15.1 Å². The third kappa shape index (κ3) is 4.01. The van der Waals surface area contributed by atoms with Crippen molar-refractivity contribution in [3.8, 4) is 11.5 Å². The first-order valence-electron chi connectivity index (χ1n) is 8.11. The van der Waals surface area contributed by atoms with E-state index in [0.717, 1.165) is 24.0 Å². The molecule has 0 unspecified atom stereocenters. The Bertz CT molecular complexity index is 763. The van der Waals surface area contributed by atoms with Crippen molar-refractivity contribution in [1.82, 2.24) is 15.6 Å². The highest BCUT2D eigenvalue weighted by molar-refractivity contribution is 5.85. The molecule has 1 saturated carbocycles. The number of hydrogen-bond acceptors (Lipinski definition) is 4. The minimum absolute atomic E-state index is 0.00309. The molecule has 1 fully saturated rings. The number of oxazole rings is 1. The summed E-state index contributed by atoms with van der Waals surface area (Å²) in [6, 6.07) is 8.10. The molecule has 0 bridgehead atoms. The van der Waals surface area contributed by atoms with Gasteiger partial charge in [0.15, 0.2) is 0 Å². The molecule has 3 rings (SSSR count). The van der Waals surface area contributed by atoms with E-state index in [9.17, 15) is 9.59 Å². The van der Waals surface area contributed by atoms with Crippen LogP contribution in [0.4, 0.5) is 0 Å². The predicted molar refractivity (Wildman–Crippen MR) is 89.3 cm³/mol. The maximum absolute atomic E-state index is 12.0. The van der Waals surface area contributed by atoms with Crippen LogP contribution in [0.1, 0.15) is 29.9 Å². The van der Waals surface area contributed by atoms with Gasteiger partial charge in [-0.1, -0.05) is 18.2 Å². The van der Waals surface area contributed by atoms with Crippen LogP contribution in [0.25, 0.3) is 11.5 Å². The van der Waals surface area contributed by atoms with Gasteiger partial charge in [0, 0.05) is 11.6 Å². The Morgan fingerprint density at radius 1 is 1.21 bits per heavy atom. The van der Waals surface area contributed by atoms with Crippen LogP contribution < -0.4 is 10.6 Å². The van der Waals surface area contributed by atoms with Gasteiger partial charge in [0.2, 0.25) is 17.7 Å². The number of rotatable bonds is 6. The number of carbonyl (C=O) groups is 2. The minimum atomic E-state index is -0.242. The molecule has 1 aromatic carbocycles. The van der Waals surface area contributed by atoms with Crippen LogP contribution in [0.2, 0.25) is 0 Å². The molecule has 24 heavy (non-hydrogen) atoms. The lowest BCUT2D eigenvalue weighted by Crippen LogP contribution is -2.38. The van der Waals surface area contributed by atoms with Crippen LogP contribution in [-0.2, 0) is 16.0 Å². The second-order valence-corrected chi connectivity index (χ2v) is 6.13. The third-order valence-electron chi connectivity index (χ3n) is 3.98. The van der Waals surface area contributed by atoms with E-state index in [1.165, 1.54) is 0 Å². The number of nitrogens with zero attached hydrogens (tertiary/aromatic N) is 1. The van der Waals surface area contributed by atoms with Crippen molar-refractivity contribution in [1.29, 1.82) is 0 Å². The van der Waals surface area contributed by atoms with Gasteiger partial charge in [-0.2, -0.15) is 0 Å². The molecule has 2 aromatic rings. The zero-order chi connectivity index (χ0) is 17.1. The summed E-state index contributed by atoms with van der Waals surface area (Å²) in [6.07, 6.45) is 2.15. The monoisotopic (exact) mass is 327 g/mol. The summed E-state index contributed by atoms with van der Waals surface area (Å²) in [6.45, 7) is 3.77. The molecule has 1 heterocycles. The summed E-state index contributed by atoms with van der Waals surface area (Å²) in [5, 5.41) is 5.45. The van der Waals surface area contributed by atoms with E-state index in [4.69, 9.17) is 4.42 Å². The number of nitrogens with one attached hydrogen (secondary N) is 2. The van der Waals surface area contributed by atoms with Crippen LogP contribution >= 0.6 is 0 Å². The summed E-state index contributed by atoms with van der Waals surface area (Å²) >= 11 is 0. The summed E-state index contributed by atoms with van der Waals surface area (Å²) in [4.78, 5) is 28.0. The summed E-state index contributed by atoms with van der Waals surface area (Å²) < 4.78 is 5.70. The molecule has 0 spiro atoms. The lowest BCUT2D eigenvalue weighted by Gasteiger charge is -2.05. The molecule has 1 aromatic heterocycles. The lowest BCUT2D eigenvalue weighted by atomic mass is 10.1. The van der Waals surface area contributed by atoms with Crippen molar-refractivity contribution in [2.24, 2.45) is 0 Å².